The summed E-state index contributed by atoms with van der Waals surface area (Å²) in [5.41, 5.74) is 1.92. The molecule has 1 fully saturated rings. The number of anilines is 1. The standard InChI is InChI=1S/C16H17ClN4O2/c1-11-3-2-4-13(5-11)19-16(22)21-8-12(9-21)10-23-15-7-18-6-14(17)20-15/h2-7,12H,8-10H2,1H3,(H,19,22). The first-order valence-corrected chi connectivity index (χ1v) is 7.71. The third-order valence-electron chi connectivity index (χ3n) is 3.56. The highest BCUT2D eigenvalue weighted by Crippen LogP contribution is 2.19. The molecule has 1 N–H and O–H groups in total. The summed E-state index contributed by atoms with van der Waals surface area (Å²) < 4.78 is 5.54. The molecule has 0 aliphatic carbocycles. The predicted octanol–water partition coefficient (Wildman–Crippen LogP) is 2.98. The molecule has 120 valence electrons. The average molecular weight is 333 g/mol. The van der Waals surface area contributed by atoms with Crippen LogP contribution in [0.25, 0.3) is 0 Å². The minimum atomic E-state index is -0.0885. The third-order valence-corrected chi connectivity index (χ3v) is 3.75. The van der Waals surface area contributed by atoms with Crippen LogP contribution in [0, 0.1) is 12.8 Å². The summed E-state index contributed by atoms with van der Waals surface area (Å²) in [6, 6.07) is 7.64. The van der Waals surface area contributed by atoms with Crippen LogP contribution < -0.4 is 10.1 Å². The fourth-order valence-electron chi connectivity index (χ4n) is 2.36. The zero-order valence-electron chi connectivity index (χ0n) is 12.7. The molecule has 1 saturated heterocycles. The van der Waals surface area contributed by atoms with E-state index < -0.39 is 0 Å². The molecule has 2 aromatic rings. The first-order chi connectivity index (χ1) is 11.1. The zero-order valence-corrected chi connectivity index (χ0v) is 13.5. The van der Waals surface area contributed by atoms with Crippen LogP contribution in [0.3, 0.4) is 0 Å². The molecule has 6 nitrogen and oxygen atoms in total. The quantitative estimate of drug-likeness (QED) is 0.934. The van der Waals surface area contributed by atoms with E-state index in [-0.39, 0.29) is 6.03 Å². The van der Waals surface area contributed by atoms with Crippen LogP contribution in [-0.4, -0.2) is 40.6 Å². The molecule has 3 rings (SSSR count). The third kappa shape index (κ3) is 4.10. The molecule has 2 heterocycles. The van der Waals surface area contributed by atoms with Crippen LogP contribution in [0.5, 0.6) is 5.88 Å². The van der Waals surface area contributed by atoms with E-state index in [4.69, 9.17) is 16.3 Å². The van der Waals surface area contributed by atoms with Crippen molar-refractivity contribution in [3.05, 3.63) is 47.4 Å². The number of hydrogen-bond acceptors (Lipinski definition) is 4. The molecular formula is C16H17ClN4O2. The number of hydrogen-bond donors (Lipinski definition) is 1. The topological polar surface area (TPSA) is 67.4 Å². The molecule has 1 aliphatic heterocycles. The van der Waals surface area contributed by atoms with Gasteiger partial charge in [-0.25, -0.2) is 4.79 Å². The van der Waals surface area contributed by atoms with E-state index in [0.29, 0.717) is 36.6 Å². The smallest absolute Gasteiger partial charge is 0.321 e. The number of likely N-dealkylation sites (tertiary alicyclic amines) is 1. The molecule has 2 amide bonds. The summed E-state index contributed by atoms with van der Waals surface area (Å²) in [6.07, 6.45) is 2.97. The lowest BCUT2D eigenvalue weighted by molar-refractivity contribution is 0.0906. The van der Waals surface area contributed by atoms with Crippen LogP contribution in [0.15, 0.2) is 36.7 Å². The number of urea groups is 1. The zero-order chi connectivity index (χ0) is 16.2. The van der Waals surface area contributed by atoms with Gasteiger partial charge >= 0.3 is 6.03 Å². The molecule has 23 heavy (non-hydrogen) atoms. The molecule has 1 aliphatic rings. The largest absolute Gasteiger partial charge is 0.476 e. The number of carbonyl (C=O) groups is 1. The number of benzene rings is 1. The lowest BCUT2D eigenvalue weighted by atomic mass is 10.0. The summed E-state index contributed by atoms with van der Waals surface area (Å²) in [7, 11) is 0. The van der Waals surface area contributed by atoms with E-state index in [2.05, 4.69) is 15.3 Å². The van der Waals surface area contributed by atoms with Crippen molar-refractivity contribution in [1.29, 1.82) is 0 Å². The summed E-state index contributed by atoms with van der Waals surface area (Å²) in [5, 5.41) is 3.19. The highest BCUT2D eigenvalue weighted by molar-refractivity contribution is 6.29. The Hall–Kier alpha value is -2.34. The second-order valence-electron chi connectivity index (χ2n) is 5.56. The number of carbonyl (C=O) groups excluding carboxylic acids is 1. The highest BCUT2D eigenvalue weighted by Gasteiger charge is 2.31. The molecule has 0 unspecified atom stereocenters. The van der Waals surface area contributed by atoms with Crippen molar-refractivity contribution in [2.75, 3.05) is 25.0 Å². The van der Waals surface area contributed by atoms with Gasteiger partial charge in [-0.3, -0.25) is 4.98 Å². The molecule has 0 saturated carbocycles. The summed E-state index contributed by atoms with van der Waals surface area (Å²) in [4.78, 5) is 21.8. The summed E-state index contributed by atoms with van der Waals surface area (Å²) >= 11 is 5.75. The van der Waals surface area contributed by atoms with E-state index in [1.165, 1.54) is 12.4 Å². The van der Waals surface area contributed by atoms with Crippen molar-refractivity contribution in [3.8, 4) is 5.88 Å². The Balaban J connectivity index is 1.43. The predicted molar refractivity (Wildman–Crippen MR) is 87.8 cm³/mol. The van der Waals surface area contributed by atoms with Gasteiger partial charge in [0.25, 0.3) is 0 Å². The maximum Gasteiger partial charge on any atom is 0.321 e. The molecule has 0 bridgehead atoms. The van der Waals surface area contributed by atoms with Gasteiger partial charge in [0.2, 0.25) is 5.88 Å². The van der Waals surface area contributed by atoms with Gasteiger partial charge in [0.15, 0.2) is 5.15 Å². The lowest BCUT2D eigenvalue weighted by Gasteiger charge is -2.38. The molecule has 1 aromatic heterocycles. The van der Waals surface area contributed by atoms with Gasteiger partial charge in [-0.1, -0.05) is 23.7 Å². The number of rotatable bonds is 4. The molecule has 1 aromatic carbocycles. The normalized spacial score (nSPS) is 14.3. The lowest BCUT2D eigenvalue weighted by Crippen LogP contribution is -2.53. The Labute approximate surface area is 139 Å². The Morgan fingerprint density at radius 3 is 3.00 bits per heavy atom. The Bertz CT molecular complexity index is 704. The van der Waals surface area contributed by atoms with E-state index in [9.17, 15) is 4.79 Å². The van der Waals surface area contributed by atoms with Crippen molar-refractivity contribution >= 4 is 23.3 Å². The van der Waals surface area contributed by atoms with Gasteiger partial charge in [0.05, 0.1) is 19.0 Å². The van der Waals surface area contributed by atoms with Gasteiger partial charge in [0, 0.05) is 24.7 Å². The maximum atomic E-state index is 12.1. The number of nitrogens with one attached hydrogen (secondary N) is 1. The molecule has 0 atom stereocenters. The molecular weight excluding hydrogens is 316 g/mol. The van der Waals surface area contributed by atoms with Crippen molar-refractivity contribution < 1.29 is 9.53 Å². The summed E-state index contributed by atoms with van der Waals surface area (Å²) in [5.74, 6) is 0.694. The van der Waals surface area contributed by atoms with Crippen molar-refractivity contribution in [1.82, 2.24) is 14.9 Å². The first kappa shape index (κ1) is 15.6. The fraction of sp³-hybridized carbons (Fsp3) is 0.312. The number of aromatic nitrogens is 2. The maximum absolute atomic E-state index is 12.1. The Morgan fingerprint density at radius 2 is 2.26 bits per heavy atom. The number of aryl methyl sites for hydroxylation is 1. The Kier molecular flexibility index (Phi) is 4.62. The SMILES string of the molecule is Cc1cccc(NC(=O)N2CC(COc3cncc(Cl)n3)C2)c1. The number of nitrogens with zero attached hydrogens (tertiary/aromatic N) is 3. The van der Waals surface area contributed by atoms with Gasteiger partial charge in [-0.15, -0.1) is 0 Å². The van der Waals surface area contributed by atoms with Crippen LogP contribution >= 0.6 is 11.6 Å². The molecule has 0 radical (unpaired) electrons. The van der Waals surface area contributed by atoms with Crippen LogP contribution in [0.2, 0.25) is 5.15 Å². The minimum absolute atomic E-state index is 0.0885. The Morgan fingerprint density at radius 1 is 1.43 bits per heavy atom. The van der Waals surface area contributed by atoms with Gasteiger partial charge < -0.3 is 15.0 Å². The number of halogens is 1. The van der Waals surface area contributed by atoms with Crippen molar-refractivity contribution in [2.45, 2.75) is 6.92 Å². The second kappa shape index (κ2) is 6.83. The molecule has 7 heteroatoms. The van der Waals surface area contributed by atoms with Crippen LogP contribution in [-0.2, 0) is 0 Å². The minimum Gasteiger partial charge on any atom is -0.476 e. The monoisotopic (exact) mass is 332 g/mol. The second-order valence-corrected chi connectivity index (χ2v) is 5.95. The van der Waals surface area contributed by atoms with Crippen molar-refractivity contribution in [3.63, 3.8) is 0 Å². The van der Waals surface area contributed by atoms with E-state index in [0.717, 1.165) is 11.3 Å². The summed E-state index contributed by atoms with van der Waals surface area (Å²) in [6.45, 7) is 3.80. The van der Waals surface area contributed by atoms with Crippen LogP contribution in [0.1, 0.15) is 5.56 Å². The van der Waals surface area contributed by atoms with Crippen molar-refractivity contribution in [2.24, 2.45) is 5.92 Å². The van der Waals surface area contributed by atoms with E-state index >= 15 is 0 Å². The van der Waals surface area contributed by atoms with Crippen LogP contribution in [0.4, 0.5) is 10.5 Å². The molecule has 0 spiro atoms. The fourth-order valence-corrected chi connectivity index (χ4v) is 2.50. The number of ether oxygens (including phenoxy) is 1. The average Bonchev–Trinajstić information content (AvgIpc) is 2.45. The number of amides is 2. The van der Waals surface area contributed by atoms with Gasteiger partial charge in [0.1, 0.15) is 0 Å². The highest BCUT2D eigenvalue weighted by atomic mass is 35.5. The van der Waals surface area contributed by atoms with E-state index in [1.54, 1.807) is 4.90 Å². The van der Waals surface area contributed by atoms with E-state index in [1.807, 2.05) is 31.2 Å². The van der Waals surface area contributed by atoms with Gasteiger partial charge in [-0.05, 0) is 24.6 Å². The first-order valence-electron chi connectivity index (χ1n) is 7.33. The van der Waals surface area contributed by atoms with Gasteiger partial charge in [-0.2, -0.15) is 4.98 Å².